The van der Waals surface area contributed by atoms with Crippen LogP contribution in [0.3, 0.4) is 0 Å². The predicted molar refractivity (Wildman–Crippen MR) is 72.2 cm³/mol. The smallest absolute Gasteiger partial charge is 0.0713 e. The summed E-state index contributed by atoms with van der Waals surface area (Å²) in [5.41, 5.74) is 2.47. The van der Waals surface area contributed by atoms with Crippen molar-refractivity contribution in [3.05, 3.63) is 29.8 Å². The lowest BCUT2D eigenvalue weighted by Gasteiger charge is -2.27. The van der Waals surface area contributed by atoms with E-state index in [0.29, 0.717) is 12.6 Å². The van der Waals surface area contributed by atoms with E-state index in [1.165, 1.54) is 36.9 Å². The second-order valence-electron chi connectivity index (χ2n) is 5.23. The Kier molecular flexibility index (Phi) is 4.43. The van der Waals surface area contributed by atoms with E-state index in [9.17, 15) is 0 Å². The van der Waals surface area contributed by atoms with Crippen LogP contribution in [0.15, 0.2) is 24.3 Å². The fourth-order valence-electron chi connectivity index (χ4n) is 2.56. The van der Waals surface area contributed by atoms with Crippen LogP contribution in [0.25, 0.3) is 0 Å². The lowest BCUT2D eigenvalue weighted by molar-refractivity contribution is 0.185. The molecule has 2 nitrogen and oxygen atoms in total. The van der Waals surface area contributed by atoms with Crippen molar-refractivity contribution >= 4 is 5.69 Å². The van der Waals surface area contributed by atoms with Crippen LogP contribution in [0.5, 0.6) is 0 Å². The average Bonchev–Trinajstić information content (AvgIpc) is 2.33. The molecular formula is C15H23NO. The molecule has 1 fully saturated rings. The van der Waals surface area contributed by atoms with Crippen LogP contribution in [0, 0.1) is 5.92 Å². The van der Waals surface area contributed by atoms with Gasteiger partial charge in [0.05, 0.1) is 6.61 Å². The monoisotopic (exact) mass is 233 g/mol. The van der Waals surface area contributed by atoms with Gasteiger partial charge in [0.25, 0.3) is 0 Å². The van der Waals surface area contributed by atoms with Gasteiger partial charge in [-0.25, -0.2) is 0 Å². The zero-order valence-electron chi connectivity index (χ0n) is 10.9. The molecule has 0 heterocycles. The highest BCUT2D eigenvalue weighted by Crippen LogP contribution is 2.26. The summed E-state index contributed by atoms with van der Waals surface area (Å²) in [6.07, 6.45) is 5.32. The number of hydrogen-bond acceptors (Lipinski definition) is 2. The molecule has 0 atom stereocenters. The second kappa shape index (κ2) is 6.06. The van der Waals surface area contributed by atoms with Crippen LogP contribution in [-0.4, -0.2) is 13.2 Å². The molecule has 0 spiro atoms. The first-order valence-electron chi connectivity index (χ1n) is 6.62. The molecule has 1 aromatic carbocycles. The Morgan fingerprint density at radius 1 is 1.24 bits per heavy atom. The van der Waals surface area contributed by atoms with Crippen LogP contribution in [0.1, 0.15) is 38.2 Å². The molecule has 0 aromatic heterocycles. The van der Waals surface area contributed by atoms with E-state index < -0.39 is 0 Å². The van der Waals surface area contributed by atoms with E-state index in [0.717, 1.165) is 5.92 Å². The van der Waals surface area contributed by atoms with E-state index in [4.69, 9.17) is 4.74 Å². The van der Waals surface area contributed by atoms with Crippen LogP contribution in [-0.2, 0) is 11.3 Å². The van der Waals surface area contributed by atoms with Crippen LogP contribution in [0.2, 0.25) is 0 Å². The maximum atomic E-state index is 5.16. The summed E-state index contributed by atoms with van der Waals surface area (Å²) in [6, 6.07) is 9.21. The molecule has 1 saturated carbocycles. The summed E-state index contributed by atoms with van der Waals surface area (Å²) in [6.45, 7) is 3.05. The molecule has 1 aliphatic rings. The standard InChI is InChI=1S/C15H23NO/c1-12-6-8-14(9-7-12)16-15-5-3-4-13(10-15)11-17-2/h3-5,10,12,14,16H,6-9,11H2,1-2H3. The van der Waals surface area contributed by atoms with Crippen molar-refractivity contribution in [2.24, 2.45) is 5.92 Å². The number of anilines is 1. The molecule has 2 heteroatoms. The van der Waals surface area contributed by atoms with Gasteiger partial charge >= 0.3 is 0 Å². The summed E-state index contributed by atoms with van der Waals surface area (Å²) in [4.78, 5) is 0. The molecule has 17 heavy (non-hydrogen) atoms. The summed E-state index contributed by atoms with van der Waals surface area (Å²) >= 11 is 0. The van der Waals surface area contributed by atoms with Crippen LogP contribution < -0.4 is 5.32 Å². The lowest BCUT2D eigenvalue weighted by Crippen LogP contribution is -2.25. The molecule has 0 saturated heterocycles. The molecule has 0 radical (unpaired) electrons. The number of benzene rings is 1. The lowest BCUT2D eigenvalue weighted by atomic mass is 9.87. The van der Waals surface area contributed by atoms with Crippen LogP contribution in [0.4, 0.5) is 5.69 Å². The Hall–Kier alpha value is -1.02. The van der Waals surface area contributed by atoms with Gasteiger partial charge in [-0.05, 0) is 49.3 Å². The molecule has 2 rings (SSSR count). The first kappa shape index (κ1) is 12.4. The van der Waals surface area contributed by atoms with Crippen molar-refractivity contribution in [2.45, 2.75) is 45.3 Å². The van der Waals surface area contributed by atoms with Gasteiger partial charge in [0.1, 0.15) is 0 Å². The summed E-state index contributed by atoms with van der Waals surface area (Å²) in [5, 5.41) is 3.64. The third-order valence-electron chi connectivity index (χ3n) is 3.62. The van der Waals surface area contributed by atoms with Gasteiger partial charge in [0.2, 0.25) is 0 Å². The van der Waals surface area contributed by atoms with Gasteiger partial charge in [-0.3, -0.25) is 0 Å². The van der Waals surface area contributed by atoms with Gasteiger partial charge in [-0.2, -0.15) is 0 Å². The van der Waals surface area contributed by atoms with Gasteiger partial charge in [0.15, 0.2) is 0 Å². The van der Waals surface area contributed by atoms with Gasteiger partial charge < -0.3 is 10.1 Å². The van der Waals surface area contributed by atoms with E-state index in [-0.39, 0.29) is 0 Å². The molecule has 0 amide bonds. The molecule has 1 N–H and O–H groups in total. The van der Waals surface area contributed by atoms with E-state index in [2.05, 4.69) is 36.5 Å². The highest BCUT2D eigenvalue weighted by Gasteiger charge is 2.17. The minimum Gasteiger partial charge on any atom is -0.382 e. The number of ether oxygens (including phenoxy) is 1. The number of rotatable bonds is 4. The Morgan fingerprint density at radius 2 is 2.00 bits per heavy atom. The zero-order valence-corrected chi connectivity index (χ0v) is 10.9. The van der Waals surface area contributed by atoms with Crippen molar-refractivity contribution in [1.82, 2.24) is 0 Å². The van der Waals surface area contributed by atoms with Crippen molar-refractivity contribution in [3.8, 4) is 0 Å². The quantitative estimate of drug-likeness (QED) is 0.853. The van der Waals surface area contributed by atoms with Gasteiger partial charge in [-0.1, -0.05) is 19.1 Å². The fourth-order valence-corrected chi connectivity index (χ4v) is 2.56. The summed E-state index contributed by atoms with van der Waals surface area (Å²) in [5.74, 6) is 0.910. The minimum atomic E-state index is 0.656. The number of methoxy groups -OCH3 is 1. The highest BCUT2D eigenvalue weighted by molar-refractivity contribution is 5.46. The maximum absolute atomic E-state index is 5.16. The third-order valence-corrected chi connectivity index (χ3v) is 3.62. The van der Waals surface area contributed by atoms with Crippen LogP contribution >= 0.6 is 0 Å². The first-order chi connectivity index (χ1) is 8.28. The number of hydrogen-bond donors (Lipinski definition) is 1. The molecule has 1 aliphatic carbocycles. The molecule has 0 aliphatic heterocycles. The normalized spacial score (nSPS) is 24.6. The average molecular weight is 233 g/mol. The Morgan fingerprint density at radius 3 is 2.71 bits per heavy atom. The highest BCUT2D eigenvalue weighted by atomic mass is 16.5. The first-order valence-corrected chi connectivity index (χ1v) is 6.62. The molecule has 0 bridgehead atoms. The summed E-state index contributed by atoms with van der Waals surface area (Å²) in [7, 11) is 1.74. The fraction of sp³-hybridized carbons (Fsp3) is 0.600. The SMILES string of the molecule is COCc1cccc(NC2CCC(C)CC2)c1. The number of nitrogens with one attached hydrogen (secondary N) is 1. The minimum absolute atomic E-state index is 0.656. The second-order valence-corrected chi connectivity index (χ2v) is 5.23. The molecule has 1 aromatic rings. The van der Waals surface area contributed by atoms with Crippen molar-refractivity contribution in [3.63, 3.8) is 0 Å². The Balaban J connectivity index is 1.91. The topological polar surface area (TPSA) is 21.3 Å². The molecular weight excluding hydrogens is 210 g/mol. The Labute approximate surface area is 104 Å². The largest absolute Gasteiger partial charge is 0.382 e. The van der Waals surface area contributed by atoms with E-state index in [1.807, 2.05) is 0 Å². The van der Waals surface area contributed by atoms with Crippen molar-refractivity contribution in [1.29, 1.82) is 0 Å². The van der Waals surface area contributed by atoms with E-state index in [1.54, 1.807) is 7.11 Å². The predicted octanol–water partition coefficient (Wildman–Crippen LogP) is 3.82. The Bertz CT molecular complexity index is 343. The molecule has 94 valence electrons. The summed E-state index contributed by atoms with van der Waals surface area (Å²) < 4.78 is 5.16. The van der Waals surface area contributed by atoms with E-state index >= 15 is 0 Å². The van der Waals surface area contributed by atoms with Gasteiger partial charge in [0, 0.05) is 18.8 Å². The van der Waals surface area contributed by atoms with Crippen molar-refractivity contribution < 1.29 is 4.74 Å². The zero-order chi connectivity index (χ0) is 12.1. The van der Waals surface area contributed by atoms with Gasteiger partial charge in [-0.15, -0.1) is 0 Å². The van der Waals surface area contributed by atoms with Crippen molar-refractivity contribution in [2.75, 3.05) is 12.4 Å². The third kappa shape index (κ3) is 3.74. The molecule has 0 unspecified atom stereocenters. The maximum Gasteiger partial charge on any atom is 0.0713 e.